The van der Waals surface area contributed by atoms with Crippen molar-refractivity contribution in [2.75, 3.05) is 18.6 Å². The summed E-state index contributed by atoms with van der Waals surface area (Å²) in [7, 11) is 1.91. The molecule has 0 saturated heterocycles. The molecule has 5 nitrogen and oxygen atoms in total. The molecule has 0 spiro atoms. The maximum absolute atomic E-state index is 9.05. The molecule has 0 fully saturated rings. The number of aliphatic hydroxyl groups is 1. The molecule has 0 saturated carbocycles. The third-order valence-electron chi connectivity index (χ3n) is 2.53. The fraction of sp³-hybridized carbons (Fsp3) is 0.400. The molecule has 5 heteroatoms. The highest BCUT2D eigenvalue weighted by molar-refractivity contribution is 5.47. The fourth-order valence-corrected chi connectivity index (χ4v) is 1.35. The van der Waals surface area contributed by atoms with Crippen LogP contribution in [-0.4, -0.2) is 39.4 Å². The lowest BCUT2D eigenvalue weighted by atomic mass is 10.3. The second kappa shape index (κ2) is 3.86. The summed E-state index contributed by atoms with van der Waals surface area (Å²) >= 11 is 0. The van der Waals surface area contributed by atoms with Crippen molar-refractivity contribution in [3.05, 3.63) is 24.5 Å². The van der Waals surface area contributed by atoms with Crippen LogP contribution in [-0.2, 0) is 0 Å². The van der Waals surface area contributed by atoms with E-state index < -0.39 is 0 Å². The van der Waals surface area contributed by atoms with Crippen LogP contribution in [0.3, 0.4) is 0 Å². The van der Waals surface area contributed by atoms with E-state index in [4.69, 9.17) is 5.11 Å². The van der Waals surface area contributed by atoms with Crippen LogP contribution in [0.15, 0.2) is 24.5 Å². The van der Waals surface area contributed by atoms with Crippen LogP contribution in [0.2, 0.25) is 0 Å². The van der Waals surface area contributed by atoms with Gasteiger partial charge >= 0.3 is 0 Å². The zero-order valence-corrected chi connectivity index (χ0v) is 8.83. The molecule has 2 aromatic rings. The molecule has 2 rings (SSSR count). The number of rotatable bonds is 3. The number of hydrogen-bond acceptors (Lipinski definition) is 4. The van der Waals surface area contributed by atoms with Crippen molar-refractivity contribution in [1.82, 2.24) is 14.6 Å². The summed E-state index contributed by atoms with van der Waals surface area (Å²) in [6.07, 6.45) is 3.57. The molecule has 1 N–H and O–H groups in total. The van der Waals surface area contributed by atoms with E-state index in [0.29, 0.717) is 0 Å². The van der Waals surface area contributed by atoms with Gasteiger partial charge < -0.3 is 10.0 Å². The Balaban J connectivity index is 2.35. The fourth-order valence-electron chi connectivity index (χ4n) is 1.35. The lowest BCUT2D eigenvalue weighted by Gasteiger charge is -2.23. The van der Waals surface area contributed by atoms with Crippen LogP contribution >= 0.6 is 0 Å². The molecule has 15 heavy (non-hydrogen) atoms. The van der Waals surface area contributed by atoms with Crippen molar-refractivity contribution in [3.8, 4) is 0 Å². The topological polar surface area (TPSA) is 53.7 Å². The summed E-state index contributed by atoms with van der Waals surface area (Å²) < 4.78 is 1.71. The quantitative estimate of drug-likeness (QED) is 0.796. The van der Waals surface area contributed by atoms with E-state index in [1.165, 1.54) is 0 Å². The molecule has 0 amide bonds. The summed E-state index contributed by atoms with van der Waals surface area (Å²) in [5.41, 5.74) is 0.810. The Morgan fingerprint density at radius 1 is 1.53 bits per heavy atom. The SMILES string of the molecule is CC(CO)N(C)c1ccn2nccc2n1. The van der Waals surface area contributed by atoms with Crippen LogP contribution in [0.1, 0.15) is 6.92 Å². The van der Waals surface area contributed by atoms with Crippen molar-refractivity contribution >= 4 is 11.5 Å². The van der Waals surface area contributed by atoms with Gasteiger partial charge in [-0.2, -0.15) is 5.10 Å². The lowest BCUT2D eigenvalue weighted by molar-refractivity contribution is 0.270. The van der Waals surface area contributed by atoms with Crippen molar-refractivity contribution < 1.29 is 5.11 Å². The van der Waals surface area contributed by atoms with E-state index in [1.807, 2.05) is 37.2 Å². The van der Waals surface area contributed by atoms with Crippen LogP contribution < -0.4 is 4.90 Å². The summed E-state index contributed by atoms with van der Waals surface area (Å²) in [4.78, 5) is 6.36. The van der Waals surface area contributed by atoms with Crippen LogP contribution in [0.25, 0.3) is 5.65 Å². The molecule has 2 aromatic heterocycles. The van der Waals surface area contributed by atoms with E-state index >= 15 is 0 Å². The largest absolute Gasteiger partial charge is 0.394 e. The van der Waals surface area contributed by atoms with E-state index in [9.17, 15) is 0 Å². The van der Waals surface area contributed by atoms with Gasteiger partial charge in [-0.05, 0) is 13.0 Å². The number of nitrogens with zero attached hydrogens (tertiary/aromatic N) is 4. The molecule has 1 unspecified atom stereocenters. The van der Waals surface area contributed by atoms with Gasteiger partial charge in [0.05, 0.1) is 18.8 Å². The maximum Gasteiger partial charge on any atom is 0.157 e. The molecular formula is C10H14N4O. The average molecular weight is 206 g/mol. The Kier molecular flexibility index (Phi) is 2.55. The molecule has 0 aliphatic carbocycles. The molecule has 0 bridgehead atoms. The zero-order valence-electron chi connectivity index (χ0n) is 8.83. The lowest BCUT2D eigenvalue weighted by Crippen LogP contribution is -2.32. The van der Waals surface area contributed by atoms with Crippen molar-refractivity contribution in [2.45, 2.75) is 13.0 Å². The number of aliphatic hydroxyl groups excluding tert-OH is 1. The van der Waals surface area contributed by atoms with Crippen molar-refractivity contribution in [3.63, 3.8) is 0 Å². The van der Waals surface area contributed by atoms with E-state index in [2.05, 4.69) is 10.1 Å². The molecule has 0 aliphatic heterocycles. The molecule has 0 radical (unpaired) electrons. The molecule has 0 aliphatic rings. The Labute approximate surface area is 88.0 Å². The Hall–Kier alpha value is -1.62. The molecule has 80 valence electrons. The van der Waals surface area contributed by atoms with Crippen LogP contribution in [0.4, 0.5) is 5.82 Å². The monoisotopic (exact) mass is 206 g/mol. The minimum atomic E-state index is 0.0582. The van der Waals surface area contributed by atoms with Gasteiger partial charge in [-0.15, -0.1) is 0 Å². The van der Waals surface area contributed by atoms with Gasteiger partial charge in [0.1, 0.15) is 5.82 Å². The summed E-state index contributed by atoms with van der Waals surface area (Å²) in [6, 6.07) is 3.79. The Morgan fingerprint density at radius 2 is 2.33 bits per heavy atom. The zero-order chi connectivity index (χ0) is 10.8. The molecule has 1 atom stereocenters. The van der Waals surface area contributed by atoms with E-state index in [0.717, 1.165) is 11.5 Å². The maximum atomic E-state index is 9.05. The molecular weight excluding hydrogens is 192 g/mol. The smallest absolute Gasteiger partial charge is 0.157 e. The predicted octanol–water partition coefficient (Wildman–Crippen LogP) is 0.546. The highest BCUT2D eigenvalue weighted by Crippen LogP contribution is 2.12. The van der Waals surface area contributed by atoms with E-state index in [1.54, 1.807) is 10.7 Å². The number of aromatic nitrogens is 3. The third kappa shape index (κ3) is 1.78. The van der Waals surface area contributed by atoms with Gasteiger partial charge in [0.2, 0.25) is 0 Å². The van der Waals surface area contributed by atoms with Crippen LogP contribution in [0, 0.1) is 0 Å². The van der Waals surface area contributed by atoms with Gasteiger partial charge in [-0.3, -0.25) is 0 Å². The average Bonchev–Trinajstić information content (AvgIpc) is 2.73. The minimum Gasteiger partial charge on any atom is -0.394 e. The number of anilines is 1. The summed E-state index contributed by atoms with van der Waals surface area (Å²) in [5.74, 6) is 0.838. The van der Waals surface area contributed by atoms with Gasteiger partial charge in [0, 0.05) is 19.3 Å². The third-order valence-corrected chi connectivity index (χ3v) is 2.53. The first-order chi connectivity index (χ1) is 7.22. The van der Waals surface area contributed by atoms with Crippen LogP contribution in [0.5, 0.6) is 0 Å². The second-order valence-corrected chi connectivity index (χ2v) is 3.56. The summed E-state index contributed by atoms with van der Waals surface area (Å²) in [5, 5.41) is 13.1. The minimum absolute atomic E-state index is 0.0582. The molecule has 2 heterocycles. The second-order valence-electron chi connectivity index (χ2n) is 3.56. The van der Waals surface area contributed by atoms with E-state index in [-0.39, 0.29) is 12.6 Å². The van der Waals surface area contributed by atoms with Gasteiger partial charge in [0.15, 0.2) is 5.65 Å². The normalized spacial score (nSPS) is 13.0. The number of likely N-dealkylation sites (N-methyl/N-ethyl adjacent to an activating group) is 1. The highest BCUT2D eigenvalue weighted by atomic mass is 16.3. The Bertz CT molecular complexity index is 453. The number of fused-ring (bicyclic) bond motifs is 1. The first-order valence-electron chi connectivity index (χ1n) is 4.86. The van der Waals surface area contributed by atoms with Crippen molar-refractivity contribution in [1.29, 1.82) is 0 Å². The Morgan fingerprint density at radius 3 is 3.07 bits per heavy atom. The first kappa shape index (κ1) is 9.92. The van der Waals surface area contributed by atoms with Gasteiger partial charge in [-0.1, -0.05) is 0 Å². The molecule has 0 aromatic carbocycles. The summed E-state index contributed by atoms with van der Waals surface area (Å²) in [6.45, 7) is 2.06. The van der Waals surface area contributed by atoms with Gasteiger partial charge in [-0.25, -0.2) is 9.50 Å². The van der Waals surface area contributed by atoms with Crippen molar-refractivity contribution in [2.24, 2.45) is 0 Å². The predicted molar refractivity (Wildman–Crippen MR) is 57.9 cm³/mol. The first-order valence-corrected chi connectivity index (χ1v) is 4.86. The standard InChI is InChI=1S/C10H14N4O/c1-8(7-15)13(2)9-4-6-14-10(12-9)3-5-11-14/h3-6,8,15H,7H2,1-2H3. The van der Waals surface area contributed by atoms with Gasteiger partial charge in [0.25, 0.3) is 0 Å². The number of hydrogen-bond donors (Lipinski definition) is 1. The highest BCUT2D eigenvalue weighted by Gasteiger charge is 2.10.